The number of hydrogen-bond acceptors (Lipinski definition) is 5. The Morgan fingerprint density at radius 2 is 1.89 bits per heavy atom. The first-order valence-corrected chi connectivity index (χ1v) is 9.58. The van der Waals surface area contributed by atoms with E-state index in [1.165, 1.54) is 11.3 Å². The van der Waals surface area contributed by atoms with Crippen LogP contribution in [0.25, 0.3) is 16.8 Å². The van der Waals surface area contributed by atoms with Crippen LogP contribution in [0.4, 0.5) is 5.69 Å². The number of amides is 1. The number of aliphatic hydroxyl groups excluding tert-OH is 1. The molecular weight excluding hydrogens is 372 g/mol. The number of aromatic nitrogens is 1. The molecule has 0 fully saturated rings. The zero-order chi connectivity index (χ0) is 19.7. The lowest BCUT2D eigenvalue weighted by Crippen LogP contribution is -2.26. The van der Waals surface area contributed by atoms with E-state index in [0.29, 0.717) is 16.1 Å². The lowest BCUT2D eigenvalue weighted by Gasteiger charge is -2.18. The van der Waals surface area contributed by atoms with Crippen molar-refractivity contribution in [2.75, 3.05) is 18.5 Å². The molecule has 0 bridgehead atoms. The molecule has 0 radical (unpaired) electrons. The van der Waals surface area contributed by atoms with Crippen molar-refractivity contribution in [3.8, 4) is 11.3 Å². The lowest BCUT2D eigenvalue weighted by molar-refractivity contribution is 0.0963. The Morgan fingerprint density at radius 3 is 2.57 bits per heavy atom. The van der Waals surface area contributed by atoms with Crippen LogP contribution in [-0.4, -0.2) is 35.4 Å². The number of carbonyl (C=O) groups excluding carboxylic acids is 1. The Labute approximate surface area is 166 Å². The molecule has 0 unspecified atom stereocenters. The molecule has 3 aromatic rings. The van der Waals surface area contributed by atoms with Gasteiger partial charge in [-0.2, -0.15) is 0 Å². The van der Waals surface area contributed by atoms with Crippen LogP contribution >= 0.6 is 11.3 Å². The molecule has 1 aliphatic rings. The van der Waals surface area contributed by atoms with Crippen LogP contribution in [0.15, 0.2) is 65.7 Å². The highest BCUT2D eigenvalue weighted by molar-refractivity contribution is 7.11. The Kier molecular flexibility index (Phi) is 4.67. The van der Waals surface area contributed by atoms with Gasteiger partial charge in [0.25, 0.3) is 5.91 Å². The van der Waals surface area contributed by atoms with Crippen LogP contribution < -0.4 is 10.2 Å². The molecule has 3 N–H and O–H groups in total. The predicted octanol–water partition coefficient (Wildman–Crippen LogP) is 3.94. The maximum atomic E-state index is 11.7. The van der Waals surface area contributed by atoms with Crippen LogP contribution in [0.1, 0.15) is 15.4 Å². The summed E-state index contributed by atoms with van der Waals surface area (Å²) in [5.41, 5.74) is 3.54. The van der Waals surface area contributed by atoms with Gasteiger partial charge >= 0.3 is 0 Å². The van der Waals surface area contributed by atoms with Gasteiger partial charge in [-0.05, 0) is 24.3 Å². The minimum atomic E-state index is -0.166. The number of nitrogens with one attached hydrogen (secondary N) is 2. The third-order valence-corrected chi connectivity index (χ3v) is 5.42. The van der Waals surface area contributed by atoms with Gasteiger partial charge in [0.15, 0.2) is 0 Å². The second-order valence-corrected chi connectivity index (χ2v) is 7.14. The monoisotopic (exact) mass is 390 g/mol. The number of carbonyl (C=O) groups is 1. The second kappa shape index (κ2) is 7.28. The predicted molar refractivity (Wildman–Crippen MR) is 112 cm³/mol. The quantitative estimate of drug-likeness (QED) is 0.630. The first-order valence-electron chi connectivity index (χ1n) is 8.70. The summed E-state index contributed by atoms with van der Waals surface area (Å²) in [7, 11) is 1.58. The van der Waals surface area contributed by atoms with E-state index in [0.717, 1.165) is 16.9 Å². The molecule has 0 aliphatic carbocycles. The molecule has 0 spiro atoms. The fourth-order valence-corrected chi connectivity index (χ4v) is 3.99. The van der Waals surface area contributed by atoms with E-state index in [1.807, 2.05) is 35.7 Å². The average molecular weight is 390 g/mol. The van der Waals surface area contributed by atoms with Gasteiger partial charge in [-0.25, -0.2) is 4.98 Å². The van der Waals surface area contributed by atoms with E-state index in [2.05, 4.69) is 10.3 Å². The molecule has 7 heteroatoms. The minimum absolute atomic E-state index is 0.120. The number of hydrogen-bond donors (Lipinski definition) is 3. The van der Waals surface area contributed by atoms with Crippen LogP contribution in [0.2, 0.25) is 0 Å². The minimum Gasteiger partial charge on any atom is -0.510 e. The van der Waals surface area contributed by atoms with Crippen molar-refractivity contribution in [2.45, 2.75) is 0 Å². The van der Waals surface area contributed by atoms with E-state index >= 15 is 0 Å². The lowest BCUT2D eigenvalue weighted by atomic mass is 10.1. The average Bonchev–Trinajstić information content (AvgIpc) is 3.32. The molecule has 140 valence electrons. The van der Waals surface area contributed by atoms with Crippen molar-refractivity contribution in [3.63, 3.8) is 0 Å². The zero-order valence-corrected chi connectivity index (χ0v) is 16.0. The third-order valence-electron chi connectivity index (χ3n) is 4.56. The van der Waals surface area contributed by atoms with Crippen molar-refractivity contribution in [3.05, 3.63) is 76.3 Å². The molecule has 1 amide bonds. The molecular formula is C21H18N4O2S. The molecule has 6 nitrogen and oxygen atoms in total. The van der Waals surface area contributed by atoms with E-state index in [1.54, 1.807) is 36.2 Å². The molecule has 2 aromatic carbocycles. The van der Waals surface area contributed by atoms with Crippen LogP contribution in [0.5, 0.6) is 0 Å². The van der Waals surface area contributed by atoms with Gasteiger partial charge < -0.3 is 15.3 Å². The maximum absolute atomic E-state index is 11.7. The van der Waals surface area contributed by atoms with E-state index in [9.17, 15) is 9.90 Å². The van der Waals surface area contributed by atoms with E-state index in [-0.39, 0.29) is 24.0 Å². The van der Waals surface area contributed by atoms with E-state index in [4.69, 9.17) is 5.41 Å². The Bertz CT molecular complexity index is 1070. The maximum Gasteiger partial charge on any atom is 0.251 e. The standard InChI is InChI=1S/C21H18N4O2S/c1-23-20(27)14-7-9-15(10-8-14)25-11-17(26)18(19(25)22)21-24-16(12-28-21)13-5-3-2-4-6-13/h2-10,12,22,26H,11H2,1H3,(H,23,27). The van der Waals surface area contributed by atoms with Gasteiger partial charge in [0, 0.05) is 29.2 Å². The number of anilines is 1. The Hall–Kier alpha value is -3.45. The molecule has 1 aliphatic heterocycles. The Balaban J connectivity index is 1.59. The van der Waals surface area contributed by atoms with Crippen molar-refractivity contribution >= 4 is 34.3 Å². The van der Waals surface area contributed by atoms with Gasteiger partial charge in [0.2, 0.25) is 0 Å². The van der Waals surface area contributed by atoms with Crippen LogP contribution in [-0.2, 0) is 0 Å². The Morgan fingerprint density at radius 1 is 1.18 bits per heavy atom. The largest absolute Gasteiger partial charge is 0.510 e. The van der Waals surface area contributed by atoms with Crippen LogP contribution in [0.3, 0.4) is 0 Å². The highest BCUT2D eigenvalue weighted by Gasteiger charge is 2.31. The normalized spacial score (nSPS) is 13.9. The van der Waals surface area contributed by atoms with Gasteiger partial charge in [-0.3, -0.25) is 10.2 Å². The fourth-order valence-electron chi connectivity index (χ4n) is 3.09. The first kappa shape index (κ1) is 17.9. The van der Waals surface area contributed by atoms with Crippen molar-refractivity contribution < 1.29 is 9.90 Å². The van der Waals surface area contributed by atoms with Gasteiger partial charge in [0.05, 0.1) is 17.8 Å². The summed E-state index contributed by atoms with van der Waals surface area (Å²) in [5.74, 6) is 0.148. The highest BCUT2D eigenvalue weighted by Crippen LogP contribution is 2.34. The van der Waals surface area contributed by atoms with Gasteiger partial charge in [-0.15, -0.1) is 11.3 Å². The van der Waals surface area contributed by atoms with Crippen molar-refractivity contribution in [1.29, 1.82) is 5.41 Å². The number of benzene rings is 2. The molecule has 28 heavy (non-hydrogen) atoms. The van der Waals surface area contributed by atoms with Gasteiger partial charge in [-0.1, -0.05) is 30.3 Å². The smallest absolute Gasteiger partial charge is 0.251 e. The highest BCUT2D eigenvalue weighted by atomic mass is 32.1. The summed E-state index contributed by atoms with van der Waals surface area (Å²) < 4.78 is 0. The molecule has 4 rings (SSSR count). The third kappa shape index (κ3) is 3.16. The van der Waals surface area contributed by atoms with E-state index < -0.39 is 0 Å². The first-order chi connectivity index (χ1) is 13.6. The fraction of sp³-hybridized carbons (Fsp3) is 0.0952. The molecule has 0 saturated heterocycles. The van der Waals surface area contributed by atoms with Gasteiger partial charge in [0.1, 0.15) is 16.6 Å². The van der Waals surface area contributed by atoms with Crippen LogP contribution in [0, 0.1) is 5.41 Å². The van der Waals surface area contributed by atoms with Crippen molar-refractivity contribution in [1.82, 2.24) is 10.3 Å². The number of rotatable bonds is 4. The summed E-state index contributed by atoms with van der Waals surface area (Å²) in [6.07, 6.45) is 0. The zero-order valence-electron chi connectivity index (χ0n) is 15.1. The summed E-state index contributed by atoms with van der Waals surface area (Å²) in [6.45, 7) is 0.202. The van der Waals surface area contributed by atoms with Crippen molar-refractivity contribution in [2.24, 2.45) is 0 Å². The number of nitrogens with zero attached hydrogens (tertiary/aromatic N) is 2. The second-order valence-electron chi connectivity index (χ2n) is 6.29. The summed E-state index contributed by atoms with van der Waals surface area (Å²) in [6, 6.07) is 16.8. The number of aliphatic hydroxyl groups is 1. The topological polar surface area (TPSA) is 89.3 Å². The summed E-state index contributed by atoms with van der Waals surface area (Å²) >= 11 is 1.41. The molecule has 1 aromatic heterocycles. The molecule has 0 saturated carbocycles. The molecule has 0 atom stereocenters. The molecule has 2 heterocycles. The number of thiazole rings is 1. The number of amidine groups is 1. The summed E-state index contributed by atoms with van der Waals surface area (Å²) in [4.78, 5) is 18.0. The SMILES string of the molecule is CNC(=O)c1ccc(N2CC(O)=C(c3nc(-c4ccccc4)cs3)C2=N)cc1. The summed E-state index contributed by atoms with van der Waals surface area (Å²) in [5, 5.41) is 24.2.